The summed E-state index contributed by atoms with van der Waals surface area (Å²) < 4.78 is 0. The lowest BCUT2D eigenvalue weighted by Crippen LogP contribution is -2.30. The predicted molar refractivity (Wildman–Crippen MR) is 67.8 cm³/mol. The molecule has 0 spiro atoms. The number of hydrogen-bond acceptors (Lipinski definition) is 4. The molecular formula is C13H19N3O2. The molecule has 0 atom stereocenters. The molecule has 0 aliphatic heterocycles. The van der Waals surface area contributed by atoms with Gasteiger partial charge in [0.25, 0.3) is 5.91 Å². The molecule has 0 bridgehead atoms. The topological polar surface area (TPSA) is 88.2 Å². The van der Waals surface area contributed by atoms with Gasteiger partial charge in [-0.05, 0) is 36.8 Å². The first-order valence-corrected chi connectivity index (χ1v) is 6.23. The number of carbonyl (C=O) groups excluding carboxylic acids is 1. The summed E-state index contributed by atoms with van der Waals surface area (Å²) in [6.07, 6.45) is 4.52. The van der Waals surface area contributed by atoms with E-state index in [4.69, 9.17) is 10.8 Å². The van der Waals surface area contributed by atoms with Gasteiger partial charge in [-0.1, -0.05) is 0 Å². The Kier molecular flexibility index (Phi) is 3.93. The molecule has 2 rings (SSSR count). The lowest BCUT2D eigenvalue weighted by Gasteiger charge is -2.14. The van der Waals surface area contributed by atoms with Crippen LogP contribution in [0.25, 0.3) is 0 Å². The van der Waals surface area contributed by atoms with Gasteiger partial charge in [0.15, 0.2) is 0 Å². The smallest absolute Gasteiger partial charge is 0.251 e. The minimum Gasteiger partial charge on any atom is -0.396 e. The van der Waals surface area contributed by atoms with Crippen molar-refractivity contribution in [1.82, 2.24) is 10.3 Å². The molecule has 1 amide bonds. The number of carbonyl (C=O) groups is 1. The zero-order valence-electron chi connectivity index (χ0n) is 10.4. The van der Waals surface area contributed by atoms with Gasteiger partial charge in [-0.3, -0.25) is 9.78 Å². The van der Waals surface area contributed by atoms with Crippen LogP contribution in [0.5, 0.6) is 0 Å². The molecule has 0 saturated heterocycles. The number of aromatic nitrogens is 1. The van der Waals surface area contributed by atoms with Gasteiger partial charge in [0.05, 0.1) is 5.69 Å². The van der Waals surface area contributed by atoms with Gasteiger partial charge >= 0.3 is 0 Å². The van der Waals surface area contributed by atoms with E-state index < -0.39 is 0 Å². The highest BCUT2D eigenvalue weighted by Crippen LogP contribution is 2.47. The summed E-state index contributed by atoms with van der Waals surface area (Å²) in [7, 11) is 0. The van der Waals surface area contributed by atoms with E-state index in [1.54, 1.807) is 18.3 Å². The van der Waals surface area contributed by atoms with Crippen molar-refractivity contribution in [2.45, 2.75) is 25.8 Å². The van der Waals surface area contributed by atoms with E-state index in [0.29, 0.717) is 24.3 Å². The first-order chi connectivity index (χ1) is 8.69. The molecule has 18 heavy (non-hydrogen) atoms. The van der Waals surface area contributed by atoms with E-state index in [1.807, 2.05) is 0 Å². The van der Waals surface area contributed by atoms with E-state index in [0.717, 1.165) is 19.3 Å². The number of hydrogen-bond donors (Lipinski definition) is 3. The molecule has 4 N–H and O–H groups in total. The fourth-order valence-corrected chi connectivity index (χ4v) is 2.03. The molecule has 1 aliphatic carbocycles. The van der Waals surface area contributed by atoms with Gasteiger partial charge in [0, 0.05) is 31.5 Å². The van der Waals surface area contributed by atoms with Gasteiger partial charge in [0.1, 0.15) is 0 Å². The van der Waals surface area contributed by atoms with Gasteiger partial charge in [0.2, 0.25) is 0 Å². The lowest BCUT2D eigenvalue weighted by atomic mass is 10.0. The molecule has 1 fully saturated rings. The number of rotatable bonds is 6. The Bertz CT molecular complexity index is 430. The second-order valence-electron chi connectivity index (χ2n) is 4.90. The van der Waals surface area contributed by atoms with Gasteiger partial charge in [-0.25, -0.2) is 0 Å². The van der Waals surface area contributed by atoms with Crippen LogP contribution in [0, 0.1) is 5.41 Å². The van der Waals surface area contributed by atoms with Crippen molar-refractivity contribution < 1.29 is 9.90 Å². The normalized spacial score (nSPS) is 16.3. The number of nitrogens with zero attached hydrogens (tertiary/aromatic N) is 1. The van der Waals surface area contributed by atoms with E-state index in [1.165, 1.54) is 0 Å². The molecule has 1 aromatic rings. The van der Waals surface area contributed by atoms with Crippen LogP contribution < -0.4 is 11.1 Å². The molecule has 5 heteroatoms. The van der Waals surface area contributed by atoms with Crippen LogP contribution in [0.15, 0.2) is 18.3 Å². The fraction of sp³-hybridized carbons (Fsp3) is 0.538. The first kappa shape index (κ1) is 13.0. The van der Waals surface area contributed by atoms with E-state index >= 15 is 0 Å². The van der Waals surface area contributed by atoms with Crippen molar-refractivity contribution in [2.24, 2.45) is 11.1 Å². The highest BCUT2D eigenvalue weighted by Gasteiger charge is 2.41. The molecule has 1 aliphatic rings. The van der Waals surface area contributed by atoms with Crippen molar-refractivity contribution in [1.29, 1.82) is 0 Å². The third kappa shape index (κ3) is 3.05. The van der Waals surface area contributed by atoms with Gasteiger partial charge < -0.3 is 16.2 Å². The second kappa shape index (κ2) is 5.46. The number of nitrogens with two attached hydrogens (primary N) is 1. The number of nitrogens with one attached hydrogen (secondary N) is 1. The SMILES string of the molecule is NCc1cc(C(=O)NCC2(CCO)CC2)ccn1. The Morgan fingerprint density at radius 3 is 2.94 bits per heavy atom. The van der Waals surface area contributed by atoms with Crippen LogP contribution in [0.1, 0.15) is 35.3 Å². The van der Waals surface area contributed by atoms with E-state index in [9.17, 15) is 4.79 Å². The summed E-state index contributed by atoms with van der Waals surface area (Å²) in [6, 6.07) is 3.39. The highest BCUT2D eigenvalue weighted by molar-refractivity contribution is 5.94. The van der Waals surface area contributed by atoms with Crippen LogP contribution >= 0.6 is 0 Å². The maximum atomic E-state index is 11.9. The van der Waals surface area contributed by atoms with Crippen LogP contribution in [0.4, 0.5) is 0 Å². The van der Waals surface area contributed by atoms with E-state index in [2.05, 4.69) is 10.3 Å². The van der Waals surface area contributed by atoms with Gasteiger partial charge in [-0.2, -0.15) is 0 Å². The number of aliphatic hydroxyl groups is 1. The van der Waals surface area contributed by atoms with Crippen molar-refractivity contribution in [3.05, 3.63) is 29.6 Å². The Balaban J connectivity index is 1.91. The Morgan fingerprint density at radius 1 is 1.56 bits per heavy atom. The molecule has 98 valence electrons. The third-order valence-electron chi connectivity index (χ3n) is 3.51. The molecule has 5 nitrogen and oxygen atoms in total. The van der Waals surface area contributed by atoms with Crippen molar-refractivity contribution in [3.63, 3.8) is 0 Å². The maximum absolute atomic E-state index is 11.9. The van der Waals surface area contributed by atoms with Crippen LogP contribution in [0.2, 0.25) is 0 Å². The number of aliphatic hydroxyl groups excluding tert-OH is 1. The monoisotopic (exact) mass is 249 g/mol. The summed E-state index contributed by atoms with van der Waals surface area (Å²) in [6.45, 7) is 1.14. The predicted octanol–water partition coefficient (Wildman–Crippen LogP) is 0.433. The molecule has 1 heterocycles. The largest absolute Gasteiger partial charge is 0.396 e. The van der Waals surface area contributed by atoms with Crippen LogP contribution in [-0.2, 0) is 6.54 Å². The lowest BCUT2D eigenvalue weighted by molar-refractivity contribution is 0.0940. The number of pyridine rings is 1. The van der Waals surface area contributed by atoms with Crippen LogP contribution in [0.3, 0.4) is 0 Å². The summed E-state index contributed by atoms with van der Waals surface area (Å²) in [4.78, 5) is 16.0. The molecular weight excluding hydrogens is 230 g/mol. The fourth-order valence-electron chi connectivity index (χ4n) is 2.03. The summed E-state index contributed by atoms with van der Waals surface area (Å²) in [5.41, 5.74) is 6.92. The average molecular weight is 249 g/mol. The zero-order chi connectivity index (χ0) is 13.0. The Labute approximate surface area is 106 Å². The molecule has 0 aromatic carbocycles. The van der Waals surface area contributed by atoms with E-state index in [-0.39, 0.29) is 17.9 Å². The maximum Gasteiger partial charge on any atom is 0.251 e. The molecule has 1 aromatic heterocycles. The summed E-state index contributed by atoms with van der Waals surface area (Å²) >= 11 is 0. The summed E-state index contributed by atoms with van der Waals surface area (Å²) in [5, 5.41) is 11.9. The standard InChI is InChI=1S/C13H19N3O2/c14-8-11-7-10(1-5-15-11)12(18)16-9-13(2-3-13)4-6-17/h1,5,7,17H,2-4,6,8-9,14H2,(H,16,18). The minimum absolute atomic E-state index is 0.101. The molecule has 1 saturated carbocycles. The second-order valence-corrected chi connectivity index (χ2v) is 4.90. The summed E-state index contributed by atoms with van der Waals surface area (Å²) in [5.74, 6) is -0.101. The van der Waals surface area contributed by atoms with Gasteiger partial charge in [-0.15, -0.1) is 0 Å². The quantitative estimate of drug-likeness (QED) is 0.682. The molecule has 0 radical (unpaired) electrons. The first-order valence-electron chi connectivity index (χ1n) is 6.23. The highest BCUT2D eigenvalue weighted by atomic mass is 16.3. The van der Waals surface area contributed by atoms with Crippen molar-refractivity contribution >= 4 is 5.91 Å². The minimum atomic E-state index is -0.101. The third-order valence-corrected chi connectivity index (χ3v) is 3.51. The van der Waals surface area contributed by atoms with Crippen LogP contribution in [-0.4, -0.2) is 29.1 Å². The number of amides is 1. The van der Waals surface area contributed by atoms with Crippen molar-refractivity contribution in [2.75, 3.05) is 13.2 Å². The molecule has 0 unspecified atom stereocenters. The van der Waals surface area contributed by atoms with Crippen molar-refractivity contribution in [3.8, 4) is 0 Å². The Morgan fingerprint density at radius 2 is 2.33 bits per heavy atom. The Hall–Kier alpha value is -1.46. The average Bonchev–Trinajstić information content (AvgIpc) is 3.17. The zero-order valence-corrected chi connectivity index (χ0v) is 10.4.